The van der Waals surface area contributed by atoms with Crippen LogP contribution in [-0.2, 0) is 14.3 Å². The van der Waals surface area contributed by atoms with Gasteiger partial charge in [-0.15, -0.1) is 0 Å². The molecule has 0 aliphatic carbocycles. The molecule has 1 fully saturated rings. The van der Waals surface area contributed by atoms with E-state index in [2.05, 4.69) is 24.3 Å². The molecule has 1 aliphatic rings. The average Bonchev–Trinajstić information content (AvgIpc) is 3.17. The maximum Gasteiger partial charge on any atom is 0.335 e. The molecule has 4 heteroatoms. The van der Waals surface area contributed by atoms with Crippen LogP contribution in [0.3, 0.4) is 0 Å². The summed E-state index contributed by atoms with van der Waals surface area (Å²) >= 11 is 0. The topological polar surface area (TPSA) is 67.2 Å². The summed E-state index contributed by atoms with van der Waals surface area (Å²) in [6.45, 7) is 0. The highest BCUT2D eigenvalue weighted by Crippen LogP contribution is 2.51. The number of rotatable bonds is 3. The molecule has 0 amide bonds. The Hall–Kier alpha value is -4.49. The van der Waals surface area contributed by atoms with E-state index in [4.69, 9.17) is 4.74 Å². The Bertz CT molecular complexity index is 1670. The Labute approximate surface area is 196 Å². The first-order valence-corrected chi connectivity index (χ1v) is 11.2. The lowest BCUT2D eigenvalue weighted by Gasteiger charge is -2.30. The van der Waals surface area contributed by atoms with Gasteiger partial charge >= 0.3 is 11.9 Å². The number of carbonyl (C=O) groups is 2. The van der Waals surface area contributed by atoms with Crippen molar-refractivity contribution in [3.8, 4) is 6.07 Å². The molecule has 1 aliphatic heterocycles. The number of nitriles is 1. The third kappa shape index (κ3) is 2.84. The van der Waals surface area contributed by atoms with Gasteiger partial charge in [-0.1, -0.05) is 97.1 Å². The van der Waals surface area contributed by atoms with E-state index in [0.717, 1.165) is 43.4 Å². The summed E-state index contributed by atoms with van der Waals surface area (Å²) in [6.07, 6.45) is -0.280. The molecule has 34 heavy (non-hydrogen) atoms. The molecule has 6 rings (SSSR count). The van der Waals surface area contributed by atoms with E-state index in [1.165, 1.54) is 0 Å². The zero-order chi connectivity index (χ0) is 23.3. The van der Waals surface area contributed by atoms with Crippen molar-refractivity contribution in [3.05, 3.63) is 108 Å². The van der Waals surface area contributed by atoms with Crippen LogP contribution in [0.1, 0.15) is 23.5 Å². The number of hydrogen-bond donors (Lipinski definition) is 0. The summed E-state index contributed by atoms with van der Waals surface area (Å²) in [7, 11) is 0. The molecular formula is C30H19NO3. The fourth-order valence-corrected chi connectivity index (χ4v) is 5.43. The minimum atomic E-state index is -1.66. The van der Waals surface area contributed by atoms with Gasteiger partial charge in [-0.25, -0.2) is 4.79 Å². The normalized spacial score (nSPS) is 18.8. The van der Waals surface area contributed by atoms with Crippen LogP contribution in [-0.4, -0.2) is 11.9 Å². The number of benzene rings is 5. The summed E-state index contributed by atoms with van der Waals surface area (Å²) in [5.74, 6) is -2.14. The van der Waals surface area contributed by atoms with Crippen LogP contribution in [0.25, 0.3) is 32.3 Å². The number of carbonyl (C=O) groups excluding carboxylic acids is 2. The second-order valence-electron chi connectivity index (χ2n) is 8.75. The van der Waals surface area contributed by atoms with Crippen molar-refractivity contribution in [1.82, 2.24) is 0 Å². The van der Waals surface area contributed by atoms with Gasteiger partial charge in [0.1, 0.15) is 0 Å². The Morgan fingerprint density at radius 1 is 0.706 bits per heavy atom. The number of cyclic esters (lactones) is 2. The summed E-state index contributed by atoms with van der Waals surface area (Å²) < 4.78 is 5.00. The van der Waals surface area contributed by atoms with Gasteiger partial charge in [-0.05, 0) is 43.4 Å². The molecule has 0 spiro atoms. The molecule has 4 nitrogen and oxygen atoms in total. The van der Waals surface area contributed by atoms with Crippen molar-refractivity contribution < 1.29 is 14.3 Å². The van der Waals surface area contributed by atoms with E-state index in [-0.39, 0.29) is 6.42 Å². The number of ether oxygens (including phenoxy) is 1. The first kappa shape index (κ1) is 20.1. The Morgan fingerprint density at radius 2 is 1.29 bits per heavy atom. The number of esters is 2. The average molecular weight is 441 g/mol. The smallest absolute Gasteiger partial charge is 0.335 e. The molecule has 0 radical (unpaired) electrons. The van der Waals surface area contributed by atoms with E-state index in [9.17, 15) is 14.9 Å². The second-order valence-corrected chi connectivity index (χ2v) is 8.75. The summed E-state index contributed by atoms with van der Waals surface area (Å²) in [5, 5.41) is 16.5. The van der Waals surface area contributed by atoms with Crippen LogP contribution >= 0.6 is 0 Å². The fourth-order valence-electron chi connectivity index (χ4n) is 5.43. The zero-order valence-corrected chi connectivity index (χ0v) is 18.2. The first-order chi connectivity index (χ1) is 16.6. The summed E-state index contributed by atoms with van der Waals surface area (Å²) in [6, 6.07) is 34.2. The lowest BCUT2D eigenvalue weighted by molar-refractivity contribution is -0.154. The molecule has 0 unspecified atom stereocenters. The van der Waals surface area contributed by atoms with E-state index in [1.54, 1.807) is 0 Å². The number of nitrogens with zero attached hydrogens (tertiary/aromatic N) is 1. The zero-order valence-electron chi connectivity index (χ0n) is 18.2. The highest BCUT2D eigenvalue weighted by Gasteiger charge is 2.57. The van der Waals surface area contributed by atoms with Crippen molar-refractivity contribution >= 4 is 44.3 Å². The van der Waals surface area contributed by atoms with Gasteiger partial charge in [0.25, 0.3) is 0 Å². The van der Waals surface area contributed by atoms with Crippen LogP contribution in [0.4, 0.5) is 0 Å². The summed E-state index contributed by atoms with van der Waals surface area (Å²) in [4.78, 5) is 25.5. The molecule has 5 aromatic carbocycles. The van der Waals surface area contributed by atoms with E-state index in [1.807, 2.05) is 78.9 Å². The van der Waals surface area contributed by atoms with Crippen molar-refractivity contribution in [3.63, 3.8) is 0 Å². The van der Waals surface area contributed by atoms with Crippen LogP contribution in [0, 0.1) is 16.7 Å². The minimum Gasteiger partial charge on any atom is -0.392 e. The lowest BCUT2D eigenvalue weighted by Crippen LogP contribution is -2.33. The Balaban J connectivity index is 1.78. The van der Waals surface area contributed by atoms with Gasteiger partial charge in [-0.2, -0.15) is 5.26 Å². The number of fused-ring (bicyclic) bond motifs is 4. The third-order valence-electron chi connectivity index (χ3n) is 6.93. The van der Waals surface area contributed by atoms with Crippen LogP contribution in [0.2, 0.25) is 0 Å². The molecule has 2 atom stereocenters. The predicted octanol–water partition coefficient (Wildman–Crippen LogP) is 6.26. The molecule has 0 aromatic heterocycles. The van der Waals surface area contributed by atoms with Crippen molar-refractivity contribution in [1.29, 1.82) is 5.26 Å². The Kier molecular flexibility index (Phi) is 4.46. The Morgan fingerprint density at radius 3 is 2.00 bits per heavy atom. The van der Waals surface area contributed by atoms with Gasteiger partial charge in [0, 0.05) is 5.92 Å². The molecule has 0 N–H and O–H groups in total. The van der Waals surface area contributed by atoms with Crippen LogP contribution < -0.4 is 0 Å². The molecular weight excluding hydrogens is 422 g/mol. The van der Waals surface area contributed by atoms with Crippen molar-refractivity contribution in [2.75, 3.05) is 0 Å². The molecule has 0 saturated carbocycles. The van der Waals surface area contributed by atoms with Crippen molar-refractivity contribution in [2.45, 2.75) is 12.3 Å². The monoisotopic (exact) mass is 441 g/mol. The molecule has 1 heterocycles. The van der Waals surface area contributed by atoms with Crippen molar-refractivity contribution in [2.24, 2.45) is 5.41 Å². The summed E-state index contributed by atoms with van der Waals surface area (Å²) in [5.41, 5.74) is -0.00233. The van der Waals surface area contributed by atoms with E-state index >= 15 is 0 Å². The largest absolute Gasteiger partial charge is 0.392 e. The quantitative estimate of drug-likeness (QED) is 0.188. The molecule has 1 saturated heterocycles. The third-order valence-corrected chi connectivity index (χ3v) is 6.93. The lowest BCUT2D eigenvalue weighted by atomic mass is 9.66. The maximum absolute atomic E-state index is 13.2. The fraction of sp³-hybridized carbons (Fsp3) is 0.100. The van der Waals surface area contributed by atoms with Gasteiger partial charge in [-0.3, -0.25) is 4.79 Å². The molecule has 0 bridgehead atoms. The standard InChI is InChI=1S/C30H19NO3/c31-18-30(17-26(32)34-29(30)33)28(24-13-5-9-19-7-1-3-11-22(19)24)25-14-6-10-21-16-15-20-8-2-4-12-23(20)27(21)25/h1-16,28H,17H2/t28-,30-/m1/s1. The van der Waals surface area contributed by atoms with E-state index in [0.29, 0.717) is 0 Å². The highest BCUT2D eigenvalue weighted by atomic mass is 16.6. The van der Waals surface area contributed by atoms with Crippen LogP contribution in [0.5, 0.6) is 0 Å². The highest BCUT2D eigenvalue weighted by molar-refractivity contribution is 6.10. The van der Waals surface area contributed by atoms with Gasteiger partial charge in [0.15, 0.2) is 5.41 Å². The second kappa shape index (κ2) is 7.54. The minimum absolute atomic E-state index is 0.280. The van der Waals surface area contributed by atoms with Gasteiger partial charge < -0.3 is 4.74 Å². The SMILES string of the molecule is N#C[C@@]1([C@H](c2cccc3ccccc23)c2cccc3ccc4ccccc4c23)CC(=O)OC1=O. The first-order valence-electron chi connectivity index (χ1n) is 11.2. The van der Waals surface area contributed by atoms with Gasteiger partial charge in [0.05, 0.1) is 12.5 Å². The predicted molar refractivity (Wildman–Crippen MR) is 131 cm³/mol. The van der Waals surface area contributed by atoms with Crippen LogP contribution in [0.15, 0.2) is 97.1 Å². The van der Waals surface area contributed by atoms with Gasteiger partial charge in [0.2, 0.25) is 0 Å². The van der Waals surface area contributed by atoms with E-state index < -0.39 is 23.3 Å². The molecule has 5 aromatic rings. The number of hydrogen-bond acceptors (Lipinski definition) is 4. The maximum atomic E-state index is 13.2. The molecule has 162 valence electrons.